The molecule has 0 aliphatic heterocycles. The number of aliphatic hydroxyl groups is 1. The summed E-state index contributed by atoms with van der Waals surface area (Å²) in [5.41, 5.74) is 1.74. The number of carboxylic acids is 1. The van der Waals surface area contributed by atoms with E-state index < -0.39 is 12.1 Å². The van der Waals surface area contributed by atoms with Crippen molar-refractivity contribution in [3.63, 3.8) is 0 Å². The predicted molar refractivity (Wildman–Crippen MR) is 81.0 cm³/mol. The lowest BCUT2D eigenvalue weighted by Crippen LogP contribution is -2.37. The summed E-state index contributed by atoms with van der Waals surface area (Å²) in [7, 11) is 0. The zero-order chi connectivity index (χ0) is 15.9. The Balaban J connectivity index is 2.19. The molecule has 2 aromatic rings. The second-order valence-corrected chi connectivity index (χ2v) is 4.80. The number of carbonyl (C=O) groups excluding carboxylic acids is 2. The molecule has 22 heavy (non-hydrogen) atoms. The molecular weight excluding hydrogens is 280 g/mol. The zero-order valence-electron chi connectivity index (χ0n) is 11.8. The highest BCUT2D eigenvalue weighted by molar-refractivity contribution is 6.07. The minimum absolute atomic E-state index is 0.163. The smallest absolute Gasteiger partial charge is 0.186 e. The van der Waals surface area contributed by atoms with Gasteiger partial charge in [-0.3, -0.25) is 4.79 Å². The molecule has 1 atom stereocenters. The van der Waals surface area contributed by atoms with Gasteiger partial charge in [0, 0.05) is 12.0 Å². The van der Waals surface area contributed by atoms with Gasteiger partial charge in [-0.15, -0.1) is 0 Å². The van der Waals surface area contributed by atoms with Gasteiger partial charge in [0.25, 0.3) is 0 Å². The molecule has 0 radical (unpaired) electrons. The van der Waals surface area contributed by atoms with Crippen molar-refractivity contribution in [3.05, 3.63) is 77.4 Å². The normalized spacial score (nSPS) is 12.2. The van der Waals surface area contributed by atoms with E-state index in [4.69, 9.17) is 0 Å². The van der Waals surface area contributed by atoms with Gasteiger partial charge in [0.1, 0.15) is 0 Å². The van der Waals surface area contributed by atoms with Gasteiger partial charge in [0.05, 0.1) is 12.1 Å². The summed E-state index contributed by atoms with van der Waals surface area (Å²) in [5, 5.41) is 20.0. The SMILES string of the molecule is O=C(/C=C/c1ccccc1)c1ccccc1CC(O)C(=O)[O-]. The van der Waals surface area contributed by atoms with E-state index in [1.165, 1.54) is 6.08 Å². The highest BCUT2D eigenvalue weighted by Gasteiger charge is 2.13. The number of hydrogen-bond acceptors (Lipinski definition) is 4. The first-order chi connectivity index (χ1) is 10.6. The lowest BCUT2D eigenvalue weighted by molar-refractivity contribution is -0.314. The van der Waals surface area contributed by atoms with Crippen LogP contribution in [0.5, 0.6) is 0 Å². The molecule has 0 saturated heterocycles. The second-order valence-electron chi connectivity index (χ2n) is 4.80. The number of rotatable bonds is 6. The van der Waals surface area contributed by atoms with Crippen molar-refractivity contribution in [2.24, 2.45) is 0 Å². The monoisotopic (exact) mass is 295 g/mol. The number of hydrogen-bond donors (Lipinski definition) is 1. The molecule has 1 N–H and O–H groups in total. The fraction of sp³-hybridized carbons (Fsp3) is 0.111. The largest absolute Gasteiger partial charge is 0.547 e. The van der Waals surface area contributed by atoms with Crippen LogP contribution in [0.3, 0.4) is 0 Å². The maximum atomic E-state index is 12.3. The van der Waals surface area contributed by atoms with Crippen molar-refractivity contribution in [2.45, 2.75) is 12.5 Å². The lowest BCUT2D eigenvalue weighted by atomic mass is 9.98. The molecule has 1 unspecified atom stereocenters. The molecule has 0 bridgehead atoms. The fourth-order valence-electron chi connectivity index (χ4n) is 2.06. The second kappa shape index (κ2) is 7.33. The molecule has 0 amide bonds. The van der Waals surface area contributed by atoms with Gasteiger partial charge >= 0.3 is 0 Å². The Morgan fingerprint density at radius 3 is 2.36 bits per heavy atom. The molecule has 2 aromatic carbocycles. The molecule has 0 fully saturated rings. The number of aliphatic hydroxyl groups excluding tert-OH is 1. The lowest BCUT2D eigenvalue weighted by Gasteiger charge is -2.13. The maximum Gasteiger partial charge on any atom is 0.186 e. The van der Waals surface area contributed by atoms with Gasteiger partial charge in [0.15, 0.2) is 5.78 Å². The van der Waals surface area contributed by atoms with E-state index in [0.717, 1.165) is 5.56 Å². The topological polar surface area (TPSA) is 77.4 Å². The Hall–Kier alpha value is -2.72. The van der Waals surface area contributed by atoms with Crippen molar-refractivity contribution < 1.29 is 19.8 Å². The summed E-state index contributed by atoms with van der Waals surface area (Å²) in [6.45, 7) is 0. The van der Waals surface area contributed by atoms with Crippen LogP contribution in [0.4, 0.5) is 0 Å². The molecule has 0 aliphatic carbocycles. The summed E-state index contributed by atoms with van der Waals surface area (Å²) in [4.78, 5) is 22.9. The Kier molecular flexibility index (Phi) is 5.22. The molecule has 0 saturated carbocycles. The fourth-order valence-corrected chi connectivity index (χ4v) is 2.06. The molecule has 0 aromatic heterocycles. The average Bonchev–Trinajstić information content (AvgIpc) is 2.54. The van der Waals surface area contributed by atoms with E-state index in [1.54, 1.807) is 30.3 Å². The molecule has 4 nitrogen and oxygen atoms in total. The molecular formula is C18H15O4-. The number of carboxylic acid groups (broad SMARTS) is 1. The van der Waals surface area contributed by atoms with Crippen LogP contribution in [0.25, 0.3) is 6.08 Å². The third-order valence-electron chi connectivity index (χ3n) is 3.19. The third-order valence-corrected chi connectivity index (χ3v) is 3.19. The van der Waals surface area contributed by atoms with Gasteiger partial charge in [0.2, 0.25) is 0 Å². The van der Waals surface area contributed by atoms with E-state index in [1.807, 2.05) is 30.3 Å². The zero-order valence-corrected chi connectivity index (χ0v) is 11.8. The van der Waals surface area contributed by atoms with Crippen LogP contribution in [0, 0.1) is 0 Å². The summed E-state index contributed by atoms with van der Waals surface area (Å²) < 4.78 is 0. The Morgan fingerprint density at radius 1 is 1.05 bits per heavy atom. The first-order valence-corrected chi connectivity index (χ1v) is 6.82. The highest BCUT2D eigenvalue weighted by atomic mass is 16.4. The van der Waals surface area contributed by atoms with Crippen LogP contribution in [0.2, 0.25) is 0 Å². The van der Waals surface area contributed by atoms with Crippen LogP contribution in [0.1, 0.15) is 21.5 Å². The van der Waals surface area contributed by atoms with Crippen molar-refractivity contribution in [1.82, 2.24) is 0 Å². The molecule has 4 heteroatoms. The van der Waals surface area contributed by atoms with Crippen molar-refractivity contribution >= 4 is 17.8 Å². The predicted octanol–water partition coefficient (Wildman–Crippen LogP) is 1.24. The van der Waals surface area contributed by atoms with Crippen molar-refractivity contribution in [3.8, 4) is 0 Å². The standard InChI is InChI=1S/C18H16O4/c19-16(11-10-13-6-2-1-3-7-13)15-9-5-4-8-14(15)12-17(20)18(21)22/h1-11,17,20H,12H2,(H,21,22)/p-1/b11-10+. The third kappa shape index (κ3) is 4.14. The molecule has 0 heterocycles. The summed E-state index contributed by atoms with van der Waals surface area (Å²) in [6.07, 6.45) is 1.32. The number of allylic oxidation sites excluding steroid dienone is 1. The minimum Gasteiger partial charge on any atom is -0.547 e. The van der Waals surface area contributed by atoms with Crippen LogP contribution in [-0.2, 0) is 11.2 Å². The number of benzene rings is 2. The van der Waals surface area contributed by atoms with Gasteiger partial charge in [-0.2, -0.15) is 0 Å². The molecule has 2 rings (SSSR count). The van der Waals surface area contributed by atoms with Crippen molar-refractivity contribution in [2.75, 3.05) is 0 Å². The Labute approximate surface area is 128 Å². The minimum atomic E-state index is -1.63. The van der Waals surface area contributed by atoms with E-state index in [0.29, 0.717) is 11.1 Å². The van der Waals surface area contributed by atoms with E-state index in [9.17, 15) is 19.8 Å². The van der Waals surface area contributed by atoms with E-state index in [-0.39, 0.29) is 12.2 Å². The van der Waals surface area contributed by atoms with Crippen LogP contribution in [0.15, 0.2) is 60.7 Å². The summed E-state index contributed by atoms with van der Waals surface area (Å²) in [6, 6.07) is 16.0. The van der Waals surface area contributed by atoms with Gasteiger partial charge in [-0.1, -0.05) is 60.7 Å². The number of aliphatic carboxylic acids is 1. The first-order valence-electron chi connectivity index (χ1n) is 6.82. The molecule has 0 spiro atoms. The number of ketones is 1. The van der Waals surface area contributed by atoms with E-state index >= 15 is 0 Å². The quantitative estimate of drug-likeness (QED) is 0.642. The first kappa shape index (κ1) is 15.7. The Morgan fingerprint density at radius 2 is 1.68 bits per heavy atom. The summed E-state index contributed by atoms with van der Waals surface area (Å²) in [5.74, 6) is -1.80. The van der Waals surface area contributed by atoms with E-state index in [2.05, 4.69) is 0 Å². The average molecular weight is 295 g/mol. The van der Waals surface area contributed by atoms with Crippen molar-refractivity contribution in [1.29, 1.82) is 0 Å². The van der Waals surface area contributed by atoms with Crippen LogP contribution >= 0.6 is 0 Å². The molecule has 112 valence electrons. The molecule has 0 aliphatic rings. The van der Waals surface area contributed by atoms with Gasteiger partial charge in [-0.05, 0) is 17.2 Å². The van der Waals surface area contributed by atoms with Gasteiger partial charge in [-0.25, -0.2) is 0 Å². The number of carbonyl (C=O) groups is 2. The van der Waals surface area contributed by atoms with Gasteiger partial charge < -0.3 is 15.0 Å². The Bertz CT molecular complexity index is 689. The van der Waals surface area contributed by atoms with Crippen LogP contribution < -0.4 is 5.11 Å². The highest BCUT2D eigenvalue weighted by Crippen LogP contribution is 2.14. The summed E-state index contributed by atoms with van der Waals surface area (Å²) >= 11 is 0. The van der Waals surface area contributed by atoms with Crippen LogP contribution in [-0.4, -0.2) is 23.0 Å². The maximum absolute atomic E-state index is 12.3.